The summed E-state index contributed by atoms with van der Waals surface area (Å²) in [6.45, 7) is 3.90. The van der Waals surface area contributed by atoms with Crippen molar-refractivity contribution in [2.45, 2.75) is 0 Å². The molecule has 0 atom stereocenters. The highest BCUT2D eigenvalue weighted by Gasteiger charge is 2.12. The molecule has 0 aliphatic carbocycles. The van der Waals surface area contributed by atoms with E-state index in [2.05, 4.69) is 11.9 Å². The predicted molar refractivity (Wildman–Crippen MR) is 72.2 cm³/mol. The second kappa shape index (κ2) is 5.68. The number of amides is 1. The number of hydrogen-bond acceptors (Lipinski definition) is 3. The molecule has 0 saturated heterocycles. The standard InChI is InChI=1S/C12H16N2O3S/c1-4-9-13-12(15)10-5-7-11(8-6-10)14(2)18(3,16)17/h4-8H,1,9H2,2-3H3,(H,13,15). The van der Waals surface area contributed by atoms with Gasteiger partial charge in [-0.15, -0.1) is 6.58 Å². The Labute approximate surface area is 107 Å². The van der Waals surface area contributed by atoms with Crippen LogP contribution in [-0.2, 0) is 10.0 Å². The summed E-state index contributed by atoms with van der Waals surface area (Å²) in [6.07, 6.45) is 2.71. The lowest BCUT2D eigenvalue weighted by Gasteiger charge is -2.16. The maximum absolute atomic E-state index is 11.6. The zero-order valence-electron chi connectivity index (χ0n) is 10.4. The van der Waals surface area contributed by atoms with Gasteiger partial charge in [-0.25, -0.2) is 8.42 Å². The molecule has 0 radical (unpaired) electrons. The van der Waals surface area contributed by atoms with E-state index in [1.807, 2.05) is 0 Å². The van der Waals surface area contributed by atoms with Crippen molar-refractivity contribution in [1.82, 2.24) is 5.32 Å². The van der Waals surface area contributed by atoms with Crippen molar-refractivity contribution in [3.63, 3.8) is 0 Å². The first-order chi connectivity index (χ1) is 8.36. The minimum Gasteiger partial charge on any atom is -0.349 e. The Morgan fingerprint density at radius 1 is 1.39 bits per heavy atom. The van der Waals surface area contributed by atoms with E-state index in [1.165, 1.54) is 7.05 Å². The van der Waals surface area contributed by atoms with Crippen molar-refractivity contribution in [3.8, 4) is 0 Å². The van der Waals surface area contributed by atoms with E-state index in [0.29, 0.717) is 17.8 Å². The largest absolute Gasteiger partial charge is 0.349 e. The molecule has 1 rings (SSSR count). The van der Waals surface area contributed by atoms with Crippen molar-refractivity contribution in [1.29, 1.82) is 0 Å². The van der Waals surface area contributed by atoms with E-state index < -0.39 is 10.0 Å². The van der Waals surface area contributed by atoms with Gasteiger partial charge in [-0.2, -0.15) is 0 Å². The summed E-state index contributed by atoms with van der Waals surface area (Å²) in [6, 6.07) is 6.33. The molecule has 5 nitrogen and oxygen atoms in total. The molecule has 98 valence electrons. The van der Waals surface area contributed by atoms with Gasteiger partial charge in [0.1, 0.15) is 0 Å². The highest BCUT2D eigenvalue weighted by Crippen LogP contribution is 2.16. The predicted octanol–water partition coefficient (Wildman–Crippen LogP) is 0.998. The molecule has 1 aromatic carbocycles. The van der Waals surface area contributed by atoms with Crippen molar-refractivity contribution >= 4 is 21.6 Å². The minimum absolute atomic E-state index is 0.219. The zero-order valence-corrected chi connectivity index (χ0v) is 11.2. The first-order valence-corrected chi connectivity index (χ1v) is 7.14. The molecule has 0 heterocycles. The molecule has 1 aromatic rings. The van der Waals surface area contributed by atoms with Crippen LogP contribution in [-0.4, -0.2) is 34.2 Å². The van der Waals surface area contributed by atoms with Crippen LogP contribution >= 0.6 is 0 Å². The van der Waals surface area contributed by atoms with E-state index >= 15 is 0 Å². The van der Waals surface area contributed by atoms with E-state index in [-0.39, 0.29) is 5.91 Å². The van der Waals surface area contributed by atoms with Crippen molar-refractivity contribution in [3.05, 3.63) is 42.5 Å². The molecular formula is C12H16N2O3S. The molecule has 1 amide bonds. The van der Waals surface area contributed by atoms with Crippen LogP contribution in [0.2, 0.25) is 0 Å². The van der Waals surface area contributed by atoms with Gasteiger partial charge in [0.05, 0.1) is 11.9 Å². The topological polar surface area (TPSA) is 66.5 Å². The number of anilines is 1. The molecule has 0 aliphatic heterocycles. The average Bonchev–Trinajstić information content (AvgIpc) is 2.34. The van der Waals surface area contributed by atoms with Gasteiger partial charge < -0.3 is 5.32 Å². The molecule has 0 saturated carbocycles. The van der Waals surface area contributed by atoms with E-state index in [0.717, 1.165) is 10.6 Å². The van der Waals surface area contributed by atoms with E-state index in [4.69, 9.17) is 0 Å². The molecule has 0 spiro atoms. The Balaban J connectivity index is 2.86. The summed E-state index contributed by atoms with van der Waals surface area (Å²) in [5, 5.41) is 2.64. The monoisotopic (exact) mass is 268 g/mol. The smallest absolute Gasteiger partial charge is 0.251 e. The second-order valence-corrected chi connectivity index (χ2v) is 5.79. The van der Waals surface area contributed by atoms with Gasteiger partial charge in [0.25, 0.3) is 5.91 Å². The highest BCUT2D eigenvalue weighted by atomic mass is 32.2. The van der Waals surface area contributed by atoms with Crippen LogP contribution in [0.25, 0.3) is 0 Å². The molecule has 18 heavy (non-hydrogen) atoms. The summed E-state index contributed by atoms with van der Waals surface area (Å²) in [4.78, 5) is 11.6. The number of rotatable bonds is 5. The normalized spacial score (nSPS) is 10.8. The summed E-state index contributed by atoms with van der Waals surface area (Å²) >= 11 is 0. The highest BCUT2D eigenvalue weighted by molar-refractivity contribution is 7.92. The third-order valence-corrected chi connectivity index (χ3v) is 3.60. The van der Waals surface area contributed by atoms with Gasteiger partial charge in [-0.1, -0.05) is 6.08 Å². The van der Waals surface area contributed by atoms with Gasteiger partial charge in [-0.3, -0.25) is 9.10 Å². The third-order valence-electron chi connectivity index (χ3n) is 2.40. The summed E-state index contributed by atoms with van der Waals surface area (Å²) in [7, 11) is -1.82. The fourth-order valence-corrected chi connectivity index (χ4v) is 1.79. The van der Waals surface area contributed by atoms with Gasteiger partial charge in [0.2, 0.25) is 10.0 Å². The summed E-state index contributed by atoms with van der Waals surface area (Å²) < 4.78 is 23.8. The van der Waals surface area contributed by atoms with Crippen molar-refractivity contribution in [2.24, 2.45) is 0 Å². The summed E-state index contributed by atoms with van der Waals surface area (Å²) in [5.41, 5.74) is 0.986. The molecule has 0 bridgehead atoms. The van der Waals surface area contributed by atoms with Crippen LogP contribution in [0.15, 0.2) is 36.9 Å². The van der Waals surface area contributed by atoms with Crippen LogP contribution in [0.4, 0.5) is 5.69 Å². The van der Waals surface area contributed by atoms with Gasteiger partial charge in [0.15, 0.2) is 0 Å². The maximum atomic E-state index is 11.6. The van der Waals surface area contributed by atoms with Crippen LogP contribution in [0.1, 0.15) is 10.4 Å². The number of sulfonamides is 1. The Kier molecular flexibility index (Phi) is 4.49. The fraction of sp³-hybridized carbons (Fsp3) is 0.250. The van der Waals surface area contributed by atoms with Crippen LogP contribution < -0.4 is 9.62 Å². The lowest BCUT2D eigenvalue weighted by atomic mass is 10.2. The average molecular weight is 268 g/mol. The van der Waals surface area contributed by atoms with Gasteiger partial charge in [0, 0.05) is 19.2 Å². The molecule has 0 aliphatic rings. The maximum Gasteiger partial charge on any atom is 0.251 e. The molecule has 0 unspecified atom stereocenters. The van der Waals surface area contributed by atoms with E-state index in [9.17, 15) is 13.2 Å². The number of benzene rings is 1. The molecule has 0 fully saturated rings. The molecular weight excluding hydrogens is 252 g/mol. The van der Waals surface area contributed by atoms with Crippen LogP contribution in [0.5, 0.6) is 0 Å². The minimum atomic E-state index is -3.28. The second-order valence-electron chi connectivity index (χ2n) is 3.78. The first-order valence-electron chi connectivity index (χ1n) is 5.29. The third kappa shape index (κ3) is 3.59. The lowest BCUT2D eigenvalue weighted by molar-refractivity contribution is 0.0958. The van der Waals surface area contributed by atoms with Gasteiger partial charge >= 0.3 is 0 Å². The zero-order chi connectivity index (χ0) is 13.8. The van der Waals surface area contributed by atoms with Crippen molar-refractivity contribution < 1.29 is 13.2 Å². The van der Waals surface area contributed by atoms with E-state index in [1.54, 1.807) is 30.3 Å². The number of nitrogens with zero attached hydrogens (tertiary/aromatic N) is 1. The Morgan fingerprint density at radius 2 is 1.94 bits per heavy atom. The fourth-order valence-electron chi connectivity index (χ4n) is 1.28. The number of hydrogen-bond donors (Lipinski definition) is 1. The van der Waals surface area contributed by atoms with Crippen LogP contribution in [0.3, 0.4) is 0 Å². The van der Waals surface area contributed by atoms with Gasteiger partial charge in [-0.05, 0) is 24.3 Å². The number of carbonyl (C=O) groups is 1. The van der Waals surface area contributed by atoms with Crippen LogP contribution in [0, 0.1) is 0 Å². The number of carbonyl (C=O) groups excluding carboxylic acids is 1. The quantitative estimate of drug-likeness (QED) is 0.810. The lowest BCUT2D eigenvalue weighted by Crippen LogP contribution is -2.25. The SMILES string of the molecule is C=CCNC(=O)c1ccc(N(C)S(C)(=O)=O)cc1. The summed E-state index contributed by atoms with van der Waals surface area (Å²) in [5.74, 6) is -0.219. The molecule has 0 aromatic heterocycles. The molecule has 1 N–H and O–H groups in total. The Hall–Kier alpha value is -1.82. The first kappa shape index (κ1) is 14.2. The Morgan fingerprint density at radius 3 is 2.39 bits per heavy atom. The Bertz CT molecular complexity index is 535. The number of nitrogens with one attached hydrogen (secondary N) is 1. The van der Waals surface area contributed by atoms with Crippen molar-refractivity contribution in [2.75, 3.05) is 24.2 Å². The molecule has 6 heteroatoms.